The third-order valence-corrected chi connectivity index (χ3v) is 5.82. The Balaban J connectivity index is 1.64. The molecule has 35 heavy (non-hydrogen) atoms. The summed E-state index contributed by atoms with van der Waals surface area (Å²) in [6, 6.07) is 7.75. The SMILES string of the molecule is C=CCC/C=C/CCc1ccc(CCC2=Cc3ccc(OCCCC)c(F)c3C(F)(F)O2)cc1F. The van der Waals surface area contributed by atoms with Crippen molar-refractivity contribution in [1.29, 1.82) is 0 Å². The molecule has 0 unspecified atom stereocenters. The molecule has 3 rings (SSSR count). The molecular weight excluding hydrogens is 456 g/mol. The molecule has 0 bridgehead atoms. The Morgan fingerprint density at radius 2 is 1.80 bits per heavy atom. The normalized spacial score (nSPS) is 14.4. The van der Waals surface area contributed by atoms with Gasteiger partial charge in [0.05, 0.1) is 6.61 Å². The number of hydrogen-bond donors (Lipinski definition) is 0. The first-order valence-corrected chi connectivity index (χ1v) is 12.1. The van der Waals surface area contributed by atoms with Crippen molar-refractivity contribution in [2.24, 2.45) is 0 Å². The maximum atomic E-state index is 14.7. The predicted molar refractivity (Wildman–Crippen MR) is 131 cm³/mol. The van der Waals surface area contributed by atoms with Crippen LogP contribution in [0, 0.1) is 11.6 Å². The first-order valence-electron chi connectivity index (χ1n) is 12.1. The van der Waals surface area contributed by atoms with E-state index in [2.05, 4.69) is 12.7 Å². The van der Waals surface area contributed by atoms with Crippen LogP contribution in [0.15, 0.2) is 60.9 Å². The summed E-state index contributed by atoms with van der Waals surface area (Å²) in [7, 11) is 0. The van der Waals surface area contributed by atoms with E-state index < -0.39 is 17.5 Å². The fourth-order valence-corrected chi connectivity index (χ4v) is 3.87. The number of ether oxygens (including phenoxy) is 2. The highest BCUT2D eigenvalue weighted by atomic mass is 19.3. The lowest BCUT2D eigenvalue weighted by atomic mass is 9.99. The number of halogens is 4. The molecule has 6 heteroatoms. The van der Waals surface area contributed by atoms with Crippen LogP contribution >= 0.6 is 0 Å². The van der Waals surface area contributed by atoms with Crippen LogP contribution in [0.2, 0.25) is 0 Å². The van der Waals surface area contributed by atoms with Gasteiger partial charge in [0.2, 0.25) is 0 Å². The highest BCUT2D eigenvalue weighted by Crippen LogP contribution is 2.43. The molecule has 0 spiro atoms. The molecule has 0 saturated carbocycles. The summed E-state index contributed by atoms with van der Waals surface area (Å²) >= 11 is 0. The van der Waals surface area contributed by atoms with E-state index in [1.54, 1.807) is 12.1 Å². The minimum atomic E-state index is -3.82. The number of hydrogen-bond acceptors (Lipinski definition) is 2. The summed E-state index contributed by atoms with van der Waals surface area (Å²) < 4.78 is 68.8. The number of benzene rings is 2. The lowest BCUT2D eigenvalue weighted by molar-refractivity contribution is -0.228. The molecule has 188 valence electrons. The van der Waals surface area contributed by atoms with E-state index in [9.17, 15) is 17.6 Å². The van der Waals surface area contributed by atoms with Crippen molar-refractivity contribution in [3.8, 4) is 5.75 Å². The molecule has 1 aliphatic heterocycles. The first kappa shape index (κ1) is 26.6. The van der Waals surface area contributed by atoms with E-state index in [1.165, 1.54) is 24.3 Å². The Bertz CT molecular complexity index is 1070. The van der Waals surface area contributed by atoms with Crippen LogP contribution in [0.25, 0.3) is 6.08 Å². The second-order valence-electron chi connectivity index (χ2n) is 8.58. The van der Waals surface area contributed by atoms with Crippen molar-refractivity contribution in [3.63, 3.8) is 0 Å². The van der Waals surface area contributed by atoms with Crippen molar-refractivity contribution < 1.29 is 27.0 Å². The molecule has 0 fully saturated rings. The van der Waals surface area contributed by atoms with Crippen LogP contribution in [0.5, 0.6) is 5.75 Å². The molecule has 0 N–H and O–H groups in total. The second kappa shape index (κ2) is 12.6. The van der Waals surface area contributed by atoms with Gasteiger partial charge >= 0.3 is 6.11 Å². The number of fused-ring (bicyclic) bond motifs is 1. The molecule has 0 amide bonds. The summed E-state index contributed by atoms with van der Waals surface area (Å²) in [5, 5.41) is 0. The highest BCUT2D eigenvalue weighted by Gasteiger charge is 2.43. The summed E-state index contributed by atoms with van der Waals surface area (Å²) in [4.78, 5) is 0. The van der Waals surface area contributed by atoms with E-state index in [0.29, 0.717) is 30.4 Å². The Labute approximate surface area is 205 Å². The minimum absolute atomic E-state index is 0.0238. The fraction of sp³-hybridized carbons (Fsp3) is 0.379. The summed E-state index contributed by atoms with van der Waals surface area (Å²) in [5.74, 6) is -1.60. The van der Waals surface area contributed by atoms with E-state index in [4.69, 9.17) is 9.47 Å². The van der Waals surface area contributed by atoms with Gasteiger partial charge in [-0.25, -0.2) is 8.78 Å². The molecule has 0 radical (unpaired) electrons. The Morgan fingerprint density at radius 1 is 1.00 bits per heavy atom. The average molecular weight is 489 g/mol. The van der Waals surface area contributed by atoms with Crippen molar-refractivity contribution in [2.45, 2.75) is 64.4 Å². The molecular formula is C29H32F4O2. The monoisotopic (exact) mass is 488 g/mol. The van der Waals surface area contributed by atoms with Gasteiger partial charge in [-0.2, -0.15) is 8.78 Å². The van der Waals surface area contributed by atoms with Gasteiger partial charge in [0.25, 0.3) is 0 Å². The van der Waals surface area contributed by atoms with Crippen LogP contribution < -0.4 is 4.74 Å². The molecule has 2 nitrogen and oxygen atoms in total. The summed E-state index contributed by atoms with van der Waals surface area (Å²) in [6.07, 6.45) is 8.71. The Hall–Kier alpha value is -3.02. The van der Waals surface area contributed by atoms with E-state index in [-0.39, 0.29) is 35.9 Å². The van der Waals surface area contributed by atoms with Gasteiger partial charge in [0.15, 0.2) is 11.6 Å². The van der Waals surface area contributed by atoms with Crippen LogP contribution in [-0.4, -0.2) is 6.61 Å². The van der Waals surface area contributed by atoms with Crippen molar-refractivity contribution in [3.05, 3.63) is 94.8 Å². The second-order valence-corrected chi connectivity index (χ2v) is 8.58. The maximum Gasteiger partial charge on any atom is 0.430 e. The Morgan fingerprint density at radius 3 is 2.54 bits per heavy atom. The van der Waals surface area contributed by atoms with E-state index >= 15 is 0 Å². The van der Waals surface area contributed by atoms with Crippen LogP contribution in [-0.2, 0) is 23.7 Å². The largest absolute Gasteiger partial charge is 0.491 e. The fourth-order valence-electron chi connectivity index (χ4n) is 3.87. The number of unbranched alkanes of at least 4 members (excludes halogenated alkanes) is 2. The van der Waals surface area contributed by atoms with Crippen LogP contribution in [0.4, 0.5) is 17.6 Å². The molecule has 0 atom stereocenters. The number of allylic oxidation sites excluding steroid dienone is 4. The third-order valence-electron chi connectivity index (χ3n) is 5.82. The van der Waals surface area contributed by atoms with Crippen LogP contribution in [0.1, 0.15) is 67.7 Å². The first-order chi connectivity index (χ1) is 16.9. The number of rotatable bonds is 13. The zero-order valence-corrected chi connectivity index (χ0v) is 20.1. The molecule has 2 aromatic rings. The van der Waals surface area contributed by atoms with Gasteiger partial charge in [-0.05, 0) is 73.4 Å². The average Bonchev–Trinajstić information content (AvgIpc) is 2.82. The van der Waals surface area contributed by atoms with E-state index in [1.807, 2.05) is 19.1 Å². The maximum absolute atomic E-state index is 14.7. The molecule has 1 aliphatic rings. The number of alkyl halides is 2. The van der Waals surface area contributed by atoms with Gasteiger partial charge in [-0.1, -0.05) is 49.8 Å². The Kier molecular flexibility index (Phi) is 9.58. The quantitative estimate of drug-likeness (QED) is 0.160. The number of aryl methyl sites for hydroxylation is 2. The van der Waals surface area contributed by atoms with Gasteiger partial charge < -0.3 is 9.47 Å². The predicted octanol–water partition coefficient (Wildman–Crippen LogP) is 8.65. The van der Waals surface area contributed by atoms with Crippen molar-refractivity contribution >= 4 is 6.08 Å². The minimum Gasteiger partial charge on any atom is -0.491 e. The van der Waals surface area contributed by atoms with Gasteiger partial charge in [-0.3, -0.25) is 0 Å². The smallest absolute Gasteiger partial charge is 0.430 e. The zero-order valence-electron chi connectivity index (χ0n) is 20.1. The topological polar surface area (TPSA) is 18.5 Å². The van der Waals surface area contributed by atoms with Gasteiger partial charge in [-0.15, -0.1) is 6.58 Å². The lowest BCUT2D eigenvalue weighted by Crippen LogP contribution is -2.25. The summed E-state index contributed by atoms with van der Waals surface area (Å²) in [5.41, 5.74) is 0.531. The van der Waals surface area contributed by atoms with Gasteiger partial charge in [0, 0.05) is 6.42 Å². The highest BCUT2D eigenvalue weighted by molar-refractivity contribution is 5.61. The standard InChI is InChI=1S/C29H32F4O2/c1-3-5-7-8-9-10-11-22-14-12-21(19-25(22)30)13-16-24-20-23-15-17-26(34-18-6-4-2)28(31)27(23)29(32,33)35-24/h3,8-9,12,14-15,17,19-20H,1,4-7,10-11,13,16,18H2,2H3/b9-8+. The van der Waals surface area contributed by atoms with Crippen molar-refractivity contribution in [1.82, 2.24) is 0 Å². The molecule has 0 saturated heterocycles. The summed E-state index contributed by atoms with van der Waals surface area (Å²) in [6.45, 7) is 5.88. The molecule has 2 aromatic carbocycles. The van der Waals surface area contributed by atoms with Gasteiger partial charge in [0.1, 0.15) is 17.1 Å². The molecule has 0 aliphatic carbocycles. The molecule has 0 aromatic heterocycles. The van der Waals surface area contributed by atoms with E-state index in [0.717, 1.165) is 25.7 Å². The zero-order chi connectivity index (χ0) is 25.3. The van der Waals surface area contributed by atoms with Crippen LogP contribution in [0.3, 0.4) is 0 Å². The molecule has 1 heterocycles. The van der Waals surface area contributed by atoms with Crippen molar-refractivity contribution in [2.75, 3.05) is 6.61 Å². The third kappa shape index (κ3) is 7.23. The lowest BCUT2D eigenvalue weighted by Gasteiger charge is -2.27.